The van der Waals surface area contributed by atoms with Crippen LogP contribution in [0.2, 0.25) is 5.02 Å². The van der Waals surface area contributed by atoms with Crippen LogP contribution in [0.25, 0.3) is 6.08 Å². The molecule has 3 aromatic rings. The van der Waals surface area contributed by atoms with Gasteiger partial charge in [0.05, 0.1) is 15.6 Å². The first kappa shape index (κ1) is 21.5. The van der Waals surface area contributed by atoms with E-state index in [0.717, 1.165) is 11.8 Å². The Labute approximate surface area is 192 Å². The maximum atomic E-state index is 13.9. The van der Waals surface area contributed by atoms with E-state index in [2.05, 4.69) is 0 Å². The van der Waals surface area contributed by atoms with E-state index in [4.69, 9.17) is 28.6 Å². The Morgan fingerprint density at radius 1 is 1.06 bits per heavy atom. The van der Waals surface area contributed by atoms with Crippen molar-refractivity contribution in [3.8, 4) is 5.75 Å². The van der Waals surface area contributed by atoms with E-state index in [1.165, 1.54) is 35.2 Å². The van der Waals surface area contributed by atoms with E-state index < -0.39 is 11.6 Å². The van der Waals surface area contributed by atoms with Crippen LogP contribution < -0.4 is 9.64 Å². The first-order chi connectivity index (χ1) is 14.9. The number of nitrogens with zero attached hydrogens (tertiary/aromatic N) is 1. The fourth-order valence-corrected chi connectivity index (χ4v) is 4.49. The van der Waals surface area contributed by atoms with E-state index in [1.807, 2.05) is 0 Å². The number of benzene rings is 3. The Bertz CT molecular complexity index is 1200. The Hall–Kier alpha value is -2.74. The van der Waals surface area contributed by atoms with E-state index in [1.54, 1.807) is 42.5 Å². The predicted octanol–water partition coefficient (Wildman–Crippen LogP) is 6.60. The van der Waals surface area contributed by atoms with Gasteiger partial charge in [0.25, 0.3) is 5.91 Å². The second-order valence-electron chi connectivity index (χ2n) is 6.56. The molecule has 0 bridgehead atoms. The Morgan fingerprint density at radius 3 is 2.61 bits per heavy atom. The normalized spacial score (nSPS) is 15.1. The lowest BCUT2D eigenvalue weighted by atomic mass is 10.2. The monoisotopic (exact) mass is 473 g/mol. The van der Waals surface area contributed by atoms with Crippen LogP contribution in [-0.4, -0.2) is 10.2 Å². The zero-order valence-corrected chi connectivity index (χ0v) is 18.2. The number of anilines is 1. The van der Waals surface area contributed by atoms with Gasteiger partial charge in [0.1, 0.15) is 24.0 Å². The number of halogens is 3. The quantitative estimate of drug-likeness (QED) is 0.308. The molecule has 0 unspecified atom stereocenters. The standard InChI is InChI=1S/C23H14ClF2NO2S2/c24-19-8-3-9-20(26)18(19)13-29-17-7-1-4-14(10-17)11-21-22(28)27(23(30)31-21)16-6-2-5-15(25)12-16/h1-12H,13H2/b21-11-. The first-order valence-corrected chi connectivity index (χ1v) is 10.7. The van der Waals surface area contributed by atoms with Gasteiger partial charge in [-0.25, -0.2) is 8.78 Å². The molecule has 3 aromatic carbocycles. The molecule has 4 rings (SSSR count). The highest BCUT2D eigenvalue weighted by molar-refractivity contribution is 8.27. The fraction of sp³-hybridized carbons (Fsp3) is 0.0435. The van der Waals surface area contributed by atoms with Gasteiger partial charge in [-0.2, -0.15) is 0 Å². The average Bonchev–Trinajstić information content (AvgIpc) is 3.01. The van der Waals surface area contributed by atoms with Crippen molar-refractivity contribution >= 4 is 57.6 Å². The molecule has 1 heterocycles. The molecule has 0 atom stereocenters. The van der Waals surface area contributed by atoms with Crippen LogP contribution in [0.4, 0.5) is 14.5 Å². The third kappa shape index (κ3) is 4.79. The molecule has 1 saturated heterocycles. The van der Waals surface area contributed by atoms with Crippen molar-refractivity contribution in [2.45, 2.75) is 6.61 Å². The number of carbonyl (C=O) groups is 1. The van der Waals surface area contributed by atoms with Gasteiger partial charge in [-0.3, -0.25) is 9.69 Å². The second kappa shape index (κ2) is 9.18. The Morgan fingerprint density at radius 2 is 1.84 bits per heavy atom. The van der Waals surface area contributed by atoms with E-state index in [-0.39, 0.29) is 23.1 Å². The van der Waals surface area contributed by atoms with Crippen molar-refractivity contribution in [2.24, 2.45) is 0 Å². The Kier molecular flexibility index (Phi) is 6.36. The van der Waals surface area contributed by atoms with Gasteiger partial charge < -0.3 is 4.74 Å². The first-order valence-electron chi connectivity index (χ1n) is 9.11. The smallest absolute Gasteiger partial charge is 0.270 e. The summed E-state index contributed by atoms with van der Waals surface area (Å²) in [6.45, 7) is -0.0311. The SMILES string of the molecule is O=C1/C(=C/c2cccc(OCc3c(F)cccc3Cl)c2)SC(=S)N1c1cccc(F)c1. The Balaban J connectivity index is 1.53. The van der Waals surface area contributed by atoms with Gasteiger partial charge in [0.2, 0.25) is 0 Å². The number of thioether (sulfide) groups is 1. The number of ether oxygens (including phenoxy) is 1. The van der Waals surface area contributed by atoms with Crippen LogP contribution in [-0.2, 0) is 11.4 Å². The highest BCUT2D eigenvalue weighted by atomic mass is 35.5. The lowest BCUT2D eigenvalue weighted by molar-refractivity contribution is -0.113. The van der Waals surface area contributed by atoms with Crippen LogP contribution in [0.3, 0.4) is 0 Å². The van der Waals surface area contributed by atoms with Gasteiger partial charge in [-0.1, -0.05) is 59.8 Å². The summed E-state index contributed by atoms with van der Waals surface area (Å²) in [4.78, 5) is 14.5. The molecule has 8 heteroatoms. The molecule has 0 saturated carbocycles. The zero-order valence-electron chi connectivity index (χ0n) is 15.8. The summed E-state index contributed by atoms with van der Waals surface area (Å²) < 4.78 is 33.5. The van der Waals surface area contributed by atoms with E-state index in [9.17, 15) is 13.6 Å². The summed E-state index contributed by atoms with van der Waals surface area (Å²) in [6.07, 6.45) is 1.68. The summed E-state index contributed by atoms with van der Waals surface area (Å²) in [6, 6.07) is 17.2. The van der Waals surface area contributed by atoms with Crippen molar-refractivity contribution in [3.63, 3.8) is 0 Å². The molecule has 156 valence electrons. The molecule has 0 N–H and O–H groups in total. The minimum atomic E-state index is -0.449. The van der Waals surface area contributed by atoms with Crippen molar-refractivity contribution in [1.82, 2.24) is 0 Å². The highest BCUT2D eigenvalue weighted by Crippen LogP contribution is 2.36. The van der Waals surface area contributed by atoms with Crippen molar-refractivity contribution in [2.75, 3.05) is 4.90 Å². The number of carbonyl (C=O) groups excluding carboxylic acids is 1. The number of thiocarbonyl (C=S) groups is 1. The van der Waals surface area contributed by atoms with Crippen LogP contribution in [0.5, 0.6) is 5.75 Å². The number of hydrogen-bond donors (Lipinski definition) is 0. The zero-order chi connectivity index (χ0) is 22.0. The molecule has 0 aromatic heterocycles. The maximum absolute atomic E-state index is 13.9. The molecule has 1 amide bonds. The topological polar surface area (TPSA) is 29.5 Å². The summed E-state index contributed by atoms with van der Waals surface area (Å²) in [7, 11) is 0. The lowest BCUT2D eigenvalue weighted by Gasteiger charge is -2.14. The molecular weight excluding hydrogens is 460 g/mol. The second-order valence-corrected chi connectivity index (χ2v) is 8.64. The third-order valence-electron chi connectivity index (χ3n) is 4.46. The number of amides is 1. The molecule has 1 fully saturated rings. The highest BCUT2D eigenvalue weighted by Gasteiger charge is 2.33. The molecule has 0 spiro atoms. The van der Waals surface area contributed by atoms with E-state index in [0.29, 0.717) is 26.2 Å². The molecule has 1 aliphatic rings. The van der Waals surface area contributed by atoms with Crippen molar-refractivity contribution in [3.05, 3.63) is 99.4 Å². The van der Waals surface area contributed by atoms with Gasteiger partial charge in [0.15, 0.2) is 4.32 Å². The lowest BCUT2D eigenvalue weighted by Crippen LogP contribution is -2.27. The number of rotatable bonds is 5. The molecule has 0 radical (unpaired) electrons. The third-order valence-corrected chi connectivity index (χ3v) is 6.12. The van der Waals surface area contributed by atoms with Crippen LogP contribution in [0.15, 0.2) is 71.6 Å². The number of hydrogen-bond acceptors (Lipinski definition) is 4. The fourth-order valence-electron chi connectivity index (χ4n) is 2.98. The molecule has 1 aliphatic heterocycles. The van der Waals surface area contributed by atoms with Crippen LogP contribution in [0.1, 0.15) is 11.1 Å². The molecule has 0 aliphatic carbocycles. The van der Waals surface area contributed by atoms with Gasteiger partial charge in [0, 0.05) is 5.56 Å². The summed E-state index contributed by atoms with van der Waals surface area (Å²) in [5.74, 6) is -0.723. The summed E-state index contributed by atoms with van der Waals surface area (Å²) >= 11 is 12.5. The van der Waals surface area contributed by atoms with Crippen LogP contribution >= 0.6 is 35.6 Å². The van der Waals surface area contributed by atoms with Gasteiger partial charge >= 0.3 is 0 Å². The van der Waals surface area contributed by atoms with Crippen molar-refractivity contribution in [1.29, 1.82) is 0 Å². The minimum absolute atomic E-state index is 0.0311. The van der Waals surface area contributed by atoms with Gasteiger partial charge in [-0.05, 0) is 54.1 Å². The summed E-state index contributed by atoms with van der Waals surface area (Å²) in [5.41, 5.74) is 1.35. The molecule has 3 nitrogen and oxygen atoms in total. The largest absolute Gasteiger partial charge is 0.489 e. The summed E-state index contributed by atoms with van der Waals surface area (Å²) in [5, 5.41) is 0.289. The van der Waals surface area contributed by atoms with E-state index >= 15 is 0 Å². The maximum Gasteiger partial charge on any atom is 0.270 e. The minimum Gasteiger partial charge on any atom is -0.489 e. The van der Waals surface area contributed by atoms with Crippen LogP contribution in [0, 0.1) is 11.6 Å². The average molecular weight is 474 g/mol. The predicted molar refractivity (Wildman–Crippen MR) is 124 cm³/mol. The molecule has 31 heavy (non-hydrogen) atoms. The van der Waals surface area contributed by atoms with Crippen molar-refractivity contribution < 1.29 is 18.3 Å². The van der Waals surface area contributed by atoms with Gasteiger partial charge in [-0.15, -0.1) is 0 Å². The molecular formula is C23H14ClF2NO2S2.